The third kappa shape index (κ3) is 1.23. The fourth-order valence-electron chi connectivity index (χ4n) is 1.58. The minimum absolute atomic E-state index is 0.0150. The first-order valence-electron chi connectivity index (χ1n) is 4.39. The van der Waals surface area contributed by atoms with Gasteiger partial charge in [0.2, 0.25) is 0 Å². The van der Waals surface area contributed by atoms with E-state index in [1.165, 1.54) is 5.56 Å². The van der Waals surface area contributed by atoms with Crippen LogP contribution in [0.5, 0.6) is 0 Å². The first-order valence-corrected chi connectivity index (χ1v) is 4.39. The van der Waals surface area contributed by atoms with E-state index in [0.29, 0.717) is 5.69 Å². The minimum atomic E-state index is 0.0150. The van der Waals surface area contributed by atoms with Crippen molar-refractivity contribution in [1.29, 1.82) is 5.41 Å². The molecule has 2 aromatic rings. The number of nitrogen functional groups attached to an aromatic ring is 1. The van der Waals surface area contributed by atoms with Crippen LogP contribution in [0.3, 0.4) is 0 Å². The van der Waals surface area contributed by atoms with E-state index in [2.05, 4.69) is 4.98 Å². The van der Waals surface area contributed by atoms with Gasteiger partial charge >= 0.3 is 0 Å². The lowest BCUT2D eigenvalue weighted by Crippen LogP contribution is -2.13. The number of aryl methyl sites for hydroxylation is 1. The zero-order chi connectivity index (χ0) is 10.1. The molecule has 0 aliphatic carbocycles. The van der Waals surface area contributed by atoms with Gasteiger partial charge in [0.1, 0.15) is 11.5 Å². The van der Waals surface area contributed by atoms with Crippen molar-refractivity contribution in [3.05, 3.63) is 41.7 Å². The van der Waals surface area contributed by atoms with Crippen molar-refractivity contribution < 1.29 is 0 Å². The van der Waals surface area contributed by atoms with Gasteiger partial charge in [0.05, 0.1) is 0 Å². The van der Waals surface area contributed by atoms with Crippen molar-refractivity contribution in [2.24, 2.45) is 5.73 Å². The lowest BCUT2D eigenvalue weighted by Gasteiger charge is -2.05. The summed E-state index contributed by atoms with van der Waals surface area (Å²) in [5.41, 5.74) is 7.19. The highest BCUT2D eigenvalue weighted by atomic mass is 14.8. The van der Waals surface area contributed by atoms with Crippen LogP contribution >= 0.6 is 0 Å². The fourth-order valence-corrected chi connectivity index (χ4v) is 1.58. The zero-order valence-electron chi connectivity index (χ0n) is 7.91. The lowest BCUT2D eigenvalue weighted by molar-refractivity contribution is 1.28. The minimum Gasteiger partial charge on any atom is -0.382 e. The first-order chi connectivity index (χ1) is 6.70. The monoisotopic (exact) mass is 185 g/mol. The highest BCUT2D eigenvalue weighted by Gasteiger charge is 2.05. The summed E-state index contributed by atoms with van der Waals surface area (Å²) in [5, 5.41) is 9.45. The molecule has 3 nitrogen and oxygen atoms in total. The van der Waals surface area contributed by atoms with E-state index < -0.39 is 0 Å². The maximum absolute atomic E-state index is 7.40. The van der Waals surface area contributed by atoms with Gasteiger partial charge in [-0.05, 0) is 23.9 Å². The van der Waals surface area contributed by atoms with Gasteiger partial charge in [0.15, 0.2) is 0 Å². The zero-order valence-corrected chi connectivity index (χ0v) is 7.91. The molecule has 1 aromatic carbocycles. The third-order valence-corrected chi connectivity index (χ3v) is 2.28. The lowest BCUT2D eigenvalue weighted by atomic mass is 10.0. The van der Waals surface area contributed by atoms with Gasteiger partial charge in [-0.25, -0.2) is 0 Å². The van der Waals surface area contributed by atoms with Crippen LogP contribution in [0.25, 0.3) is 10.8 Å². The summed E-state index contributed by atoms with van der Waals surface area (Å²) >= 11 is 0. The average Bonchev–Trinajstić information content (AvgIpc) is 2.17. The summed E-state index contributed by atoms with van der Waals surface area (Å²) < 4.78 is 0. The van der Waals surface area contributed by atoms with Crippen molar-refractivity contribution in [3.8, 4) is 0 Å². The van der Waals surface area contributed by atoms with E-state index in [-0.39, 0.29) is 5.84 Å². The van der Waals surface area contributed by atoms with E-state index in [0.717, 1.165) is 10.8 Å². The van der Waals surface area contributed by atoms with Crippen LogP contribution in [-0.2, 0) is 0 Å². The molecule has 3 heteroatoms. The molecule has 1 aromatic heterocycles. The molecule has 0 fully saturated rings. The average molecular weight is 185 g/mol. The number of nitrogens with zero attached hydrogens (tertiary/aromatic N) is 1. The molecule has 0 spiro atoms. The van der Waals surface area contributed by atoms with E-state index in [1.807, 2.05) is 31.2 Å². The molecule has 0 aliphatic heterocycles. The summed E-state index contributed by atoms with van der Waals surface area (Å²) in [6.07, 6.45) is 1.69. The normalized spacial score (nSPS) is 10.4. The number of rotatable bonds is 1. The van der Waals surface area contributed by atoms with Crippen LogP contribution in [0, 0.1) is 12.3 Å². The maximum Gasteiger partial charge on any atom is 0.142 e. The molecule has 0 aliphatic rings. The van der Waals surface area contributed by atoms with Crippen LogP contribution < -0.4 is 5.73 Å². The Balaban J connectivity index is 2.88. The number of nitrogens with two attached hydrogens (primary N) is 1. The van der Waals surface area contributed by atoms with Gasteiger partial charge in [-0.2, -0.15) is 0 Å². The third-order valence-electron chi connectivity index (χ3n) is 2.28. The first kappa shape index (κ1) is 8.69. The highest BCUT2D eigenvalue weighted by molar-refractivity contribution is 6.06. The molecule has 2 rings (SSSR count). The van der Waals surface area contributed by atoms with Gasteiger partial charge in [-0.1, -0.05) is 18.2 Å². The quantitative estimate of drug-likeness (QED) is 0.526. The molecule has 1 heterocycles. The second kappa shape index (κ2) is 3.10. The number of amidine groups is 1. The molecule has 70 valence electrons. The summed E-state index contributed by atoms with van der Waals surface area (Å²) in [7, 11) is 0. The van der Waals surface area contributed by atoms with Crippen LogP contribution in [0.1, 0.15) is 11.3 Å². The Kier molecular flexibility index (Phi) is 1.93. The number of hydrogen-bond acceptors (Lipinski definition) is 2. The summed E-state index contributed by atoms with van der Waals surface area (Å²) in [5.74, 6) is 0.0150. The molecule has 14 heavy (non-hydrogen) atoms. The number of nitrogens with one attached hydrogen (secondary N) is 1. The Morgan fingerprint density at radius 1 is 1.29 bits per heavy atom. The summed E-state index contributed by atoms with van der Waals surface area (Å²) in [6.45, 7) is 2.03. The number of benzene rings is 1. The van der Waals surface area contributed by atoms with Gasteiger partial charge in [-0.15, -0.1) is 0 Å². The predicted molar refractivity (Wildman–Crippen MR) is 57.5 cm³/mol. The highest BCUT2D eigenvalue weighted by Crippen LogP contribution is 2.19. The van der Waals surface area contributed by atoms with Crippen molar-refractivity contribution >= 4 is 16.6 Å². The van der Waals surface area contributed by atoms with Crippen LogP contribution in [0.2, 0.25) is 0 Å². The molecule has 0 radical (unpaired) electrons. The Morgan fingerprint density at radius 2 is 2.07 bits per heavy atom. The second-order valence-corrected chi connectivity index (χ2v) is 3.24. The van der Waals surface area contributed by atoms with Gasteiger partial charge in [0, 0.05) is 11.6 Å². The Labute approximate surface area is 82.1 Å². The molecule has 0 saturated heterocycles. The van der Waals surface area contributed by atoms with E-state index in [9.17, 15) is 0 Å². The molecular formula is C11H11N3. The number of aromatic nitrogens is 1. The predicted octanol–water partition coefficient (Wildman–Crippen LogP) is 1.83. The molecule has 0 atom stereocenters. The van der Waals surface area contributed by atoms with Crippen molar-refractivity contribution in [2.75, 3.05) is 0 Å². The molecule has 0 amide bonds. The molecule has 3 N–H and O–H groups in total. The van der Waals surface area contributed by atoms with Crippen LogP contribution in [0.4, 0.5) is 0 Å². The molecule has 0 unspecified atom stereocenters. The molecule has 0 bridgehead atoms. The Bertz CT molecular complexity index is 503. The number of pyridine rings is 1. The van der Waals surface area contributed by atoms with E-state index in [1.54, 1.807) is 6.20 Å². The van der Waals surface area contributed by atoms with Crippen molar-refractivity contribution in [2.45, 2.75) is 6.92 Å². The fraction of sp³-hybridized carbons (Fsp3) is 0.0909. The topological polar surface area (TPSA) is 62.8 Å². The summed E-state index contributed by atoms with van der Waals surface area (Å²) in [6, 6.07) is 7.86. The van der Waals surface area contributed by atoms with Gasteiger partial charge in [0.25, 0.3) is 0 Å². The van der Waals surface area contributed by atoms with Gasteiger partial charge < -0.3 is 5.73 Å². The molecule has 0 saturated carbocycles. The maximum atomic E-state index is 7.40. The molecular weight excluding hydrogens is 174 g/mol. The van der Waals surface area contributed by atoms with Crippen molar-refractivity contribution in [3.63, 3.8) is 0 Å². The van der Waals surface area contributed by atoms with Crippen LogP contribution in [-0.4, -0.2) is 10.8 Å². The largest absolute Gasteiger partial charge is 0.382 e. The second-order valence-electron chi connectivity index (χ2n) is 3.24. The smallest absolute Gasteiger partial charge is 0.142 e. The van der Waals surface area contributed by atoms with Crippen LogP contribution in [0.15, 0.2) is 30.5 Å². The number of hydrogen-bond donors (Lipinski definition) is 2. The Hall–Kier alpha value is -1.90. The van der Waals surface area contributed by atoms with Crippen molar-refractivity contribution in [1.82, 2.24) is 4.98 Å². The van der Waals surface area contributed by atoms with E-state index in [4.69, 9.17) is 11.1 Å². The van der Waals surface area contributed by atoms with Gasteiger partial charge in [-0.3, -0.25) is 10.4 Å². The standard InChI is InChI=1S/C11H11N3/c1-7-3-2-4-9-8(7)5-6-14-10(9)11(12)13/h2-6H,1H3,(H3,12,13). The summed E-state index contributed by atoms with van der Waals surface area (Å²) in [4.78, 5) is 4.10. The van der Waals surface area contributed by atoms with E-state index >= 15 is 0 Å². The SMILES string of the molecule is Cc1cccc2c(C(=N)N)nccc12. The number of fused-ring (bicyclic) bond motifs is 1. The Morgan fingerprint density at radius 3 is 2.79 bits per heavy atom.